The summed E-state index contributed by atoms with van der Waals surface area (Å²) in [5.74, 6) is 0.884. The maximum Gasteiger partial charge on any atom is 0.229 e. The van der Waals surface area contributed by atoms with Gasteiger partial charge in [0.15, 0.2) is 5.58 Å². The number of rotatable bonds is 3. The van der Waals surface area contributed by atoms with Crippen LogP contribution in [0.15, 0.2) is 47.0 Å². The van der Waals surface area contributed by atoms with Gasteiger partial charge in [-0.05, 0) is 24.3 Å². The summed E-state index contributed by atoms with van der Waals surface area (Å²) in [5, 5.41) is 6.00. The fourth-order valence-electron chi connectivity index (χ4n) is 3.00. The zero-order valence-electron chi connectivity index (χ0n) is 13.1. The molecule has 0 radical (unpaired) electrons. The molecule has 0 N–H and O–H groups in total. The summed E-state index contributed by atoms with van der Waals surface area (Å²) < 4.78 is 5.29. The highest BCUT2D eigenvalue weighted by Gasteiger charge is 2.32. The van der Waals surface area contributed by atoms with Crippen molar-refractivity contribution in [2.45, 2.75) is 11.8 Å². The highest BCUT2D eigenvalue weighted by molar-refractivity contribution is 7.99. The lowest BCUT2D eigenvalue weighted by Gasteiger charge is -2.24. The number of hydrogen-bond acceptors (Lipinski definition) is 4. The van der Waals surface area contributed by atoms with Crippen molar-refractivity contribution in [3.63, 3.8) is 0 Å². The summed E-state index contributed by atoms with van der Waals surface area (Å²) in [4.78, 5) is 14.7. The molecule has 3 aromatic rings. The van der Waals surface area contributed by atoms with E-state index in [9.17, 15) is 4.79 Å². The third-order valence-corrected chi connectivity index (χ3v) is 6.02. The van der Waals surface area contributed by atoms with Gasteiger partial charge in [-0.25, -0.2) is 0 Å². The molecule has 2 heterocycles. The Labute approximate surface area is 159 Å². The highest BCUT2D eigenvalue weighted by Crippen LogP contribution is 2.41. The van der Waals surface area contributed by atoms with Crippen molar-refractivity contribution < 1.29 is 9.32 Å². The number of carbonyl (C=O) groups excluding carboxylic acids is 1. The van der Waals surface area contributed by atoms with Crippen molar-refractivity contribution in [2.24, 2.45) is 0 Å². The molecule has 1 saturated heterocycles. The molecule has 1 aliphatic heterocycles. The van der Waals surface area contributed by atoms with Gasteiger partial charge in [-0.3, -0.25) is 4.79 Å². The molecule has 1 aliphatic rings. The third-order valence-electron chi connectivity index (χ3n) is 4.21. The highest BCUT2D eigenvalue weighted by atomic mass is 35.5. The third kappa shape index (κ3) is 3.24. The summed E-state index contributed by atoms with van der Waals surface area (Å²) in [6.45, 7) is 0.683. The Balaban J connectivity index is 1.58. The van der Waals surface area contributed by atoms with Crippen molar-refractivity contribution in [2.75, 3.05) is 12.3 Å². The Morgan fingerprint density at radius 2 is 2.12 bits per heavy atom. The van der Waals surface area contributed by atoms with E-state index in [-0.39, 0.29) is 17.7 Å². The summed E-state index contributed by atoms with van der Waals surface area (Å²) in [6, 6.07) is 13.0. The minimum absolute atomic E-state index is 0.0140. The van der Waals surface area contributed by atoms with E-state index < -0.39 is 0 Å². The zero-order chi connectivity index (χ0) is 17.4. The molecule has 1 amide bonds. The van der Waals surface area contributed by atoms with Crippen LogP contribution in [0.25, 0.3) is 11.0 Å². The number of hydrogen-bond donors (Lipinski definition) is 0. The zero-order valence-corrected chi connectivity index (χ0v) is 15.4. The first-order chi connectivity index (χ1) is 12.1. The van der Waals surface area contributed by atoms with Crippen molar-refractivity contribution in [1.82, 2.24) is 10.1 Å². The second kappa shape index (κ2) is 6.90. The van der Waals surface area contributed by atoms with Gasteiger partial charge in [0.2, 0.25) is 5.91 Å². The first kappa shape index (κ1) is 16.8. The maximum absolute atomic E-state index is 12.9. The SMILES string of the molecule is O=C(Cc1noc2ccccc12)N1CCSC1c1ccc(Cl)cc1Cl. The molecule has 1 aromatic heterocycles. The number of nitrogens with zero attached hydrogens (tertiary/aromatic N) is 2. The van der Waals surface area contributed by atoms with Gasteiger partial charge in [-0.15, -0.1) is 11.8 Å². The van der Waals surface area contributed by atoms with Crippen LogP contribution in [0.5, 0.6) is 0 Å². The van der Waals surface area contributed by atoms with Crippen molar-refractivity contribution in [3.05, 3.63) is 63.8 Å². The van der Waals surface area contributed by atoms with E-state index in [0.717, 1.165) is 16.7 Å². The lowest BCUT2D eigenvalue weighted by molar-refractivity contribution is -0.130. The lowest BCUT2D eigenvalue weighted by Crippen LogP contribution is -2.32. The molecule has 4 nitrogen and oxygen atoms in total. The van der Waals surface area contributed by atoms with Gasteiger partial charge in [-0.1, -0.05) is 46.6 Å². The summed E-state index contributed by atoms with van der Waals surface area (Å²) in [6.07, 6.45) is 0.208. The Morgan fingerprint density at radius 1 is 1.28 bits per heavy atom. The van der Waals surface area contributed by atoms with Crippen molar-refractivity contribution >= 4 is 51.8 Å². The number of benzene rings is 2. The van der Waals surface area contributed by atoms with Crippen LogP contribution < -0.4 is 0 Å². The lowest BCUT2D eigenvalue weighted by atomic mass is 10.1. The molecule has 128 valence electrons. The van der Waals surface area contributed by atoms with Crippen LogP contribution in [-0.2, 0) is 11.2 Å². The first-order valence-corrected chi connectivity index (χ1v) is 9.63. The van der Waals surface area contributed by atoms with E-state index in [1.165, 1.54) is 0 Å². The Kier molecular flexibility index (Phi) is 4.63. The number of para-hydroxylation sites is 1. The van der Waals surface area contributed by atoms with Crippen molar-refractivity contribution in [1.29, 1.82) is 0 Å². The van der Waals surface area contributed by atoms with Crippen LogP contribution in [-0.4, -0.2) is 28.3 Å². The van der Waals surface area contributed by atoms with Crippen LogP contribution in [0.4, 0.5) is 0 Å². The number of fused-ring (bicyclic) bond motifs is 1. The van der Waals surface area contributed by atoms with Gasteiger partial charge < -0.3 is 9.42 Å². The fraction of sp³-hybridized carbons (Fsp3) is 0.222. The fourth-order valence-corrected chi connectivity index (χ4v) is 4.89. The number of aromatic nitrogens is 1. The second-order valence-electron chi connectivity index (χ2n) is 5.78. The van der Waals surface area contributed by atoms with Crippen LogP contribution >= 0.6 is 35.0 Å². The standard InChI is InChI=1S/C18H14Cl2N2O2S/c19-11-5-6-12(14(20)9-11)18-22(7-8-25-18)17(23)10-15-13-3-1-2-4-16(13)24-21-15/h1-6,9,18H,7-8,10H2. The monoisotopic (exact) mass is 392 g/mol. The molecule has 2 aromatic carbocycles. The first-order valence-electron chi connectivity index (χ1n) is 7.83. The quantitative estimate of drug-likeness (QED) is 0.632. The van der Waals surface area contributed by atoms with E-state index in [4.69, 9.17) is 27.7 Å². The molecule has 0 spiro atoms. The molecule has 1 atom stereocenters. The molecule has 1 fully saturated rings. The average Bonchev–Trinajstić information content (AvgIpc) is 3.22. The largest absolute Gasteiger partial charge is 0.356 e. The van der Waals surface area contributed by atoms with Gasteiger partial charge in [0.1, 0.15) is 11.1 Å². The molecule has 0 saturated carbocycles. The Bertz CT molecular complexity index is 944. The van der Waals surface area contributed by atoms with Crippen LogP contribution in [0, 0.1) is 0 Å². The van der Waals surface area contributed by atoms with E-state index in [1.54, 1.807) is 23.9 Å². The number of amides is 1. The molecule has 0 aliphatic carbocycles. The minimum Gasteiger partial charge on any atom is -0.356 e. The molecular formula is C18H14Cl2N2O2S. The second-order valence-corrected chi connectivity index (χ2v) is 7.81. The maximum atomic E-state index is 12.9. The van der Waals surface area contributed by atoms with Crippen LogP contribution in [0.2, 0.25) is 10.0 Å². The molecule has 7 heteroatoms. The van der Waals surface area contributed by atoms with Gasteiger partial charge in [0, 0.05) is 33.3 Å². The van der Waals surface area contributed by atoms with Gasteiger partial charge in [-0.2, -0.15) is 0 Å². The predicted molar refractivity (Wildman–Crippen MR) is 101 cm³/mol. The summed E-state index contributed by atoms with van der Waals surface area (Å²) >= 11 is 14.0. The van der Waals surface area contributed by atoms with Gasteiger partial charge in [0.25, 0.3) is 0 Å². The number of halogens is 2. The molecule has 4 rings (SSSR count). The van der Waals surface area contributed by atoms with Gasteiger partial charge in [0.05, 0.1) is 6.42 Å². The van der Waals surface area contributed by atoms with Crippen LogP contribution in [0.3, 0.4) is 0 Å². The Hall–Kier alpha value is -1.69. The number of carbonyl (C=O) groups is 1. The summed E-state index contributed by atoms with van der Waals surface area (Å²) in [7, 11) is 0. The van der Waals surface area contributed by atoms with E-state index in [2.05, 4.69) is 5.16 Å². The predicted octanol–water partition coefficient (Wildman–Crippen LogP) is 4.95. The van der Waals surface area contributed by atoms with Crippen molar-refractivity contribution in [3.8, 4) is 0 Å². The van der Waals surface area contributed by atoms with Gasteiger partial charge >= 0.3 is 0 Å². The molecule has 1 unspecified atom stereocenters. The smallest absolute Gasteiger partial charge is 0.229 e. The van der Waals surface area contributed by atoms with E-state index in [1.807, 2.05) is 35.2 Å². The van der Waals surface area contributed by atoms with E-state index in [0.29, 0.717) is 27.9 Å². The topological polar surface area (TPSA) is 46.3 Å². The molecular weight excluding hydrogens is 379 g/mol. The number of thioether (sulfide) groups is 1. The minimum atomic E-state index is -0.101. The van der Waals surface area contributed by atoms with E-state index >= 15 is 0 Å². The Morgan fingerprint density at radius 3 is 2.96 bits per heavy atom. The molecule has 0 bridgehead atoms. The summed E-state index contributed by atoms with van der Waals surface area (Å²) in [5.41, 5.74) is 2.27. The van der Waals surface area contributed by atoms with Crippen LogP contribution in [0.1, 0.15) is 16.6 Å². The molecule has 25 heavy (non-hydrogen) atoms. The normalized spacial score (nSPS) is 17.4. The average molecular weight is 393 g/mol.